The molecule has 0 bridgehead atoms. The van der Waals surface area contributed by atoms with Gasteiger partial charge in [0.2, 0.25) is 0 Å². The molecule has 0 aliphatic heterocycles. The lowest BCUT2D eigenvalue weighted by Crippen LogP contribution is -2.08. The first-order valence-electron chi connectivity index (χ1n) is 4.60. The second-order valence-corrected chi connectivity index (χ2v) is 3.34. The molecule has 0 fully saturated rings. The van der Waals surface area contributed by atoms with Crippen LogP contribution >= 0.6 is 0 Å². The van der Waals surface area contributed by atoms with Gasteiger partial charge in [-0.1, -0.05) is 29.8 Å². The van der Waals surface area contributed by atoms with Gasteiger partial charge in [-0.3, -0.25) is 4.39 Å². The fourth-order valence-corrected chi connectivity index (χ4v) is 1.37. The van der Waals surface area contributed by atoms with Crippen LogP contribution < -0.4 is 5.73 Å². The zero-order chi connectivity index (χ0) is 9.68. The molecule has 0 aliphatic carbocycles. The number of rotatable bonds is 4. The van der Waals surface area contributed by atoms with Gasteiger partial charge in [0.25, 0.3) is 0 Å². The van der Waals surface area contributed by atoms with Crippen LogP contribution in [0.1, 0.15) is 23.5 Å². The smallest absolute Gasteiger partial charge is 0.0963 e. The number of hydrogen-bond donors (Lipinski definition) is 1. The van der Waals surface area contributed by atoms with E-state index in [1.807, 2.05) is 31.2 Å². The molecule has 0 spiro atoms. The molecule has 0 aromatic heterocycles. The van der Waals surface area contributed by atoms with Gasteiger partial charge in [0.1, 0.15) is 0 Å². The maximum absolute atomic E-state index is 12.6. The second-order valence-electron chi connectivity index (χ2n) is 3.34. The van der Waals surface area contributed by atoms with Crippen molar-refractivity contribution in [3.63, 3.8) is 0 Å². The standard InChI is InChI=1S/C11H16FN/c1-9-2-4-10(5-3-9)11(8-12)6-7-13/h2-5,11H,6-8,13H2,1H3. The predicted octanol–water partition coefficient (Wildman–Crippen LogP) is 2.40. The first-order valence-corrected chi connectivity index (χ1v) is 4.60. The Morgan fingerprint density at radius 3 is 2.38 bits per heavy atom. The summed E-state index contributed by atoms with van der Waals surface area (Å²) in [6.45, 7) is 2.25. The molecule has 2 N–H and O–H groups in total. The minimum absolute atomic E-state index is 0.0226. The van der Waals surface area contributed by atoms with Gasteiger partial charge in [-0.15, -0.1) is 0 Å². The lowest BCUT2D eigenvalue weighted by atomic mass is 9.96. The Hall–Kier alpha value is -0.890. The van der Waals surface area contributed by atoms with E-state index in [4.69, 9.17) is 5.73 Å². The minimum atomic E-state index is -0.319. The van der Waals surface area contributed by atoms with Crippen LogP contribution in [0.5, 0.6) is 0 Å². The van der Waals surface area contributed by atoms with Crippen LogP contribution in [-0.2, 0) is 0 Å². The zero-order valence-electron chi connectivity index (χ0n) is 7.96. The molecule has 1 aromatic rings. The van der Waals surface area contributed by atoms with Crippen molar-refractivity contribution in [2.24, 2.45) is 5.73 Å². The van der Waals surface area contributed by atoms with Crippen molar-refractivity contribution in [1.82, 2.24) is 0 Å². The molecule has 2 heteroatoms. The Bertz CT molecular complexity index is 243. The molecule has 0 saturated carbocycles. The molecule has 1 unspecified atom stereocenters. The summed E-state index contributed by atoms with van der Waals surface area (Å²) in [5.74, 6) is -0.0226. The van der Waals surface area contributed by atoms with E-state index in [-0.39, 0.29) is 12.6 Å². The fourth-order valence-electron chi connectivity index (χ4n) is 1.37. The van der Waals surface area contributed by atoms with E-state index in [1.165, 1.54) is 5.56 Å². The highest BCUT2D eigenvalue weighted by Gasteiger charge is 2.09. The normalized spacial score (nSPS) is 12.8. The van der Waals surface area contributed by atoms with Crippen LogP contribution in [0.15, 0.2) is 24.3 Å². The Morgan fingerprint density at radius 2 is 1.92 bits per heavy atom. The highest BCUT2D eigenvalue weighted by Crippen LogP contribution is 2.19. The molecule has 0 radical (unpaired) electrons. The molecular weight excluding hydrogens is 165 g/mol. The van der Waals surface area contributed by atoms with E-state index in [1.54, 1.807) is 0 Å². The van der Waals surface area contributed by atoms with Crippen molar-refractivity contribution in [2.75, 3.05) is 13.2 Å². The van der Waals surface area contributed by atoms with Gasteiger partial charge >= 0.3 is 0 Å². The zero-order valence-corrected chi connectivity index (χ0v) is 7.96. The lowest BCUT2D eigenvalue weighted by molar-refractivity contribution is 0.418. The summed E-state index contributed by atoms with van der Waals surface area (Å²) in [6.07, 6.45) is 0.722. The third kappa shape index (κ3) is 2.81. The van der Waals surface area contributed by atoms with Crippen LogP contribution in [0.4, 0.5) is 4.39 Å². The molecule has 0 heterocycles. The molecule has 1 atom stereocenters. The predicted molar refractivity (Wildman–Crippen MR) is 53.6 cm³/mol. The van der Waals surface area contributed by atoms with Crippen molar-refractivity contribution in [1.29, 1.82) is 0 Å². The van der Waals surface area contributed by atoms with E-state index < -0.39 is 0 Å². The number of halogens is 1. The SMILES string of the molecule is Cc1ccc(C(CF)CCN)cc1. The van der Waals surface area contributed by atoms with E-state index in [0.717, 1.165) is 12.0 Å². The summed E-state index contributed by atoms with van der Waals surface area (Å²) < 4.78 is 12.6. The van der Waals surface area contributed by atoms with Gasteiger partial charge in [-0.05, 0) is 25.5 Å². The number of hydrogen-bond acceptors (Lipinski definition) is 1. The minimum Gasteiger partial charge on any atom is -0.330 e. The third-order valence-corrected chi connectivity index (χ3v) is 2.25. The number of aryl methyl sites for hydroxylation is 1. The molecule has 1 rings (SSSR count). The van der Waals surface area contributed by atoms with E-state index >= 15 is 0 Å². The average molecular weight is 181 g/mol. The summed E-state index contributed by atoms with van der Waals surface area (Å²) in [5.41, 5.74) is 7.66. The maximum atomic E-state index is 12.6. The quantitative estimate of drug-likeness (QED) is 0.758. The monoisotopic (exact) mass is 181 g/mol. The molecule has 0 aliphatic rings. The largest absolute Gasteiger partial charge is 0.330 e. The van der Waals surface area contributed by atoms with Gasteiger partial charge in [0, 0.05) is 5.92 Å². The van der Waals surface area contributed by atoms with Crippen LogP contribution in [0, 0.1) is 6.92 Å². The Kier molecular flexibility index (Phi) is 3.90. The van der Waals surface area contributed by atoms with Crippen molar-refractivity contribution in [2.45, 2.75) is 19.3 Å². The summed E-state index contributed by atoms with van der Waals surface area (Å²) in [7, 11) is 0. The Balaban J connectivity index is 2.73. The molecular formula is C11H16FN. The fraction of sp³-hybridized carbons (Fsp3) is 0.455. The number of benzene rings is 1. The molecule has 72 valence electrons. The van der Waals surface area contributed by atoms with Gasteiger partial charge in [0.05, 0.1) is 6.67 Å². The van der Waals surface area contributed by atoms with Crippen molar-refractivity contribution in [3.05, 3.63) is 35.4 Å². The molecule has 1 aromatic carbocycles. The van der Waals surface area contributed by atoms with Crippen LogP contribution in [0.2, 0.25) is 0 Å². The molecule has 0 saturated heterocycles. The van der Waals surface area contributed by atoms with Crippen LogP contribution in [0.25, 0.3) is 0 Å². The van der Waals surface area contributed by atoms with Gasteiger partial charge < -0.3 is 5.73 Å². The topological polar surface area (TPSA) is 26.0 Å². The van der Waals surface area contributed by atoms with Crippen molar-refractivity contribution >= 4 is 0 Å². The Morgan fingerprint density at radius 1 is 1.31 bits per heavy atom. The van der Waals surface area contributed by atoms with Crippen LogP contribution in [-0.4, -0.2) is 13.2 Å². The molecule has 0 amide bonds. The van der Waals surface area contributed by atoms with Gasteiger partial charge in [0.15, 0.2) is 0 Å². The highest BCUT2D eigenvalue weighted by molar-refractivity contribution is 5.24. The summed E-state index contributed by atoms with van der Waals surface area (Å²) in [6, 6.07) is 7.98. The number of alkyl halides is 1. The third-order valence-electron chi connectivity index (χ3n) is 2.25. The number of nitrogens with two attached hydrogens (primary N) is 1. The molecule has 1 nitrogen and oxygen atoms in total. The average Bonchev–Trinajstić information content (AvgIpc) is 2.16. The van der Waals surface area contributed by atoms with Crippen LogP contribution in [0.3, 0.4) is 0 Å². The first kappa shape index (κ1) is 10.2. The van der Waals surface area contributed by atoms with E-state index in [2.05, 4.69) is 0 Å². The lowest BCUT2D eigenvalue weighted by Gasteiger charge is -2.12. The first-order chi connectivity index (χ1) is 6.27. The van der Waals surface area contributed by atoms with Gasteiger partial charge in [-0.25, -0.2) is 0 Å². The summed E-state index contributed by atoms with van der Waals surface area (Å²) in [4.78, 5) is 0. The summed E-state index contributed by atoms with van der Waals surface area (Å²) >= 11 is 0. The summed E-state index contributed by atoms with van der Waals surface area (Å²) in [5, 5.41) is 0. The van der Waals surface area contributed by atoms with Crippen molar-refractivity contribution in [3.8, 4) is 0 Å². The highest BCUT2D eigenvalue weighted by atomic mass is 19.1. The van der Waals surface area contributed by atoms with Crippen molar-refractivity contribution < 1.29 is 4.39 Å². The molecule has 13 heavy (non-hydrogen) atoms. The second kappa shape index (κ2) is 4.97. The van der Waals surface area contributed by atoms with Gasteiger partial charge in [-0.2, -0.15) is 0 Å². The Labute approximate surface area is 78.8 Å². The van der Waals surface area contributed by atoms with E-state index in [0.29, 0.717) is 6.54 Å². The van der Waals surface area contributed by atoms with E-state index in [9.17, 15) is 4.39 Å². The maximum Gasteiger partial charge on any atom is 0.0963 e.